The number of nitrogens with two attached hydrogens (primary N) is 1. The standard InChI is InChI=1S/C10H8BrN3O2.C10H6BrN3O/c11-8-3-1-2-7(4-8)6-16-14-9(5-12)10(13)15;1-13-10(6-12)14-15-7-8-3-2-4-9(11)5-8/h1-4H,6H2,(H2,13,15);2-5H,7H2/b;14-10-. The number of halogens is 2. The van der Waals surface area contributed by atoms with Gasteiger partial charge in [0.15, 0.2) is 6.61 Å². The number of carbonyl (C=O) groups is 1. The Morgan fingerprint density at radius 3 is 1.90 bits per heavy atom. The largest absolute Gasteiger partial charge is 0.392 e. The Hall–Kier alpha value is -3.72. The summed E-state index contributed by atoms with van der Waals surface area (Å²) in [5, 5.41) is 23.6. The molecule has 0 saturated carbocycles. The van der Waals surface area contributed by atoms with Gasteiger partial charge < -0.3 is 20.3 Å². The van der Waals surface area contributed by atoms with Crippen molar-refractivity contribution in [1.29, 1.82) is 10.5 Å². The van der Waals surface area contributed by atoms with Gasteiger partial charge in [-0.15, -0.1) is 0 Å². The van der Waals surface area contributed by atoms with Crippen molar-refractivity contribution < 1.29 is 14.5 Å². The van der Waals surface area contributed by atoms with Crippen LogP contribution in [0.1, 0.15) is 11.1 Å². The second-order valence-electron chi connectivity index (χ2n) is 5.36. The van der Waals surface area contributed by atoms with E-state index in [1.165, 1.54) is 0 Å². The number of nitrogens with zero attached hydrogens (tertiary/aromatic N) is 5. The molecule has 0 spiro atoms. The molecule has 2 rings (SSSR count). The molecular formula is C20H14Br2N6O3. The number of oxime groups is 2. The summed E-state index contributed by atoms with van der Waals surface area (Å²) in [5.41, 5.74) is 6.20. The van der Waals surface area contributed by atoms with Crippen LogP contribution in [0.25, 0.3) is 4.85 Å². The lowest BCUT2D eigenvalue weighted by atomic mass is 10.2. The van der Waals surface area contributed by atoms with E-state index in [2.05, 4.69) is 47.0 Å². The zero-order valence-corrected chi connectivity index (χ0v) is 19.0. The van der Waals surface area contributed by atoms with Crippen molar-refractivity contribution in [2.24, 2.45) is 16.0 Å². The summed E-state index contributed by atoms with van der Waals surface area (Å²) in [6, 6.07) is 18.0. The monoisotopic (exact) mass is 544 g/mol. The highest BCUT2D eigenvalue weighted by Gasteiger charge is 2.05. The number of primary amides is 1. The fourth-order valence-electron chi connectivity index (χ4n) is 1.78. The Bertz CT molecular complexity index is 1080. The first-order valence-corrected chi connectivity index (χ1v) is 9.84. The summed E-state index contributed by atoms with van der Waals surface area (Å²) in [6.07, 6.45) is 0. The Morgan fingerprint density at radius 1 is 1.00 bits per heavy atom. The Morgan fingerprint density at radius 2 is 1.52 bits per heavy atom. The van der Waals surface area contributed by atoms with Gasteiger partial charge in [0.25, 0.3) is 5.91 Å². The number of nitriles is 2. The predicted octanol–water partition coefficient (Wildman–Crippen LogP) is 4.05. The number of hydrogen-bond acceptors (Lipinski definition) is 7. The minimum absolute atomic E-state index is 0.165. The van der Waals surface area contributed by atoms with E-state index >= 15 is 0 Å². The average Bonchev–Trinajstić information content (AvgIpc) is 2.75. The number of rotatable bonds is 7. The molecule has 0 atom stereocenters. The molecule has 2 aromatic rings. The van der Waals surface area contributed by atoms with Crippen molar-refractivity contribution in [2.75, 3.05) is 0 Å². The van der Waals surface area contributed by atoms with Crippen molar-refractivity contribution in [3.63, 3.8) is 0 Å². The van der Waals surface area contributed by atoms with Gasteiger partial charge in [-0.2, -0.15) is 5.26 Å². The zero-order valence-electron chi connectivity index (χ0n) is 15.8. The predicted molar refractivity (Wildman–Crippen MR) is 120 cm³/mol. The molecule has 0 saturated heterocycles. The third-order valence-electron chi connectivity index (χ3n) is 3.09. The fraction of sp³-hybridized carbons (Fsp3) is 0.100. The third-order valence-corrected chi connectivity index (χ3v) is 4.08. The van der Waals surface area contributed by atoms with E-state index in [-0.39, 0.29) is 19.0 Å². The first-order chi connectivity index (χ1) is 14.9. The van der Waals surface area contributed by atoms with Crippen molar-refractivity contribution in [3.8, 4) is 12.1 Å². The van der Waals surface area contributed by atoms with E-state index in [1.54, 1.807) is 12.1 Å². The normalized spacial score (nSPS) is 10.4. The van der Waals surface area contributed by atoms with Crippen LogP contribution in [0.3, 0.4) is 0 Å². The first kappa shape index (κ1) is 25.3. The van der Waals surface area contributed by atoms with Crippen LogP contribution in [-0.2, 0) is 27.7 Å². The van der Waals surface area contributed by atoms with E-state index in [9.17, 15) is 4.79 Å². The maximum Gasteiger partial charge on any atom is 0.392 e. The van der Waals surface area contributed by atoms with Crippen LogP contribution < -0.4 is 5.73 Å². The van der Waals surface area contributed by atoms with Crippen LogP contribution in [0, 0.1) is 29.2 Å². The first-order valence-electron chi connectivity index (χ1n) is 8.25. The number of amidine groups is 1. The van der Waals surface area contributed by atoms with Crippen molar-refractivity contribution >= 4 is 49.3 Å². The molecule has 0 radical (unpaired) electrons. The van der Waals surface area contributed by atoms with Gasteiger partial charge in [-0.1, -0.05) is 67.9 Å². The number of benzene rings is 2. The van der Waals surface area contributed by atoms with Crippen LogP contribution >= 0.6 is 31.9 Å². The van der Waals surface area contributed by atoms with Crippen LogP contribution in [0.5, 0.6) is 0 Å². The molecule has 9 nitrogen and oxygen atoms in total. The smallest absolute Gasteiger partial charge is 0.390 e. The molecule has 2 aromatic carbocycles. The Balaban J connectivity index is 0.000000311. The minimum Gasteiger partial charge on any atom is -0.390 e. The lowest BCUT2D eigenvalue weighted by Gasteiger charge is -2.00. The van der Waals surface area contributed by atoms with Crippen molar-refractivity contribution in [1.82, 2.24) is 0 Å². The molecule has 0 heterocycles. The summed E-state index contributed by atoms with van der Waals surface area (Å²) in [7, 11) is 0. The fourth-order valence-corrected chi connectivity index (χ4v) is 2.67. The molecule has 0 aliphatic heterocycles. The highest BCUT2D eigenvalue weighted by Crippen LogP contribution is 2.13. The van der Waals surface area contributed by atoms with Crippen LogP contribution in [0.2, 0.25) is 0 Å². The van der Waals surface area contributed by atoms with E-state index in [0.717, 1.165) is 20.1 Å². The molecule has 0 aliphatic carbocycles. The van der Waals surface area contributed by atoms with Gasteiger partial charge in [-0.05, 0) is 35.4 Å². The molecule has 11 heteroatoms. The number of hydrogen-bond donors (Lipinski definition) is 1. The topological polar surface area (TPSA) is 138 Å². The van der Waals surface area contributed by atoms with Gasteiger partial charge in [0.05, 0.1) is 5.16 Å². The lowest BCUT2D eigenvalue weighted by Crippen LogP contribution is -2.21. The zero-order chi connectivity index (χ0) is 23.1. The quantitative estimate of drug-likeness (QED) is 0.242. The summed E-state index contributed by atoms with van der Waals surface area (Å²) in [5.74, 6) is -1.21. The molecular weight excluding hydrogens is 532 g/mol. The van der Waals surface area contributed by atoms with Crippen molar-refractivity contribution in [3.05, 3.63) is 80.0 Å². The second kappa shape index (κ2) is 14.3. The summed E-state index contributed by atoms with van der Waals surface area (Å²) < 4.78 is 1.85. The highest BCUT2D eigenvalue weighted by molar-refractivity contribution is 9.10. The minimum atomic E-state index is -0.906. The van der Waals surface area contributed by atoms with Crippen LogP contribution in [-0.4, -0.2) is 17.5 Å². The second-order valence-corrected chi connectivity index (χ2v) is 7.19. The van der Waals surface area contributed by atoms with Gasteiger partial charge in [0.2, 0.25) is 5.71 Å². The summed E-state index contributed by atoms with van der Waals surface area (Å²) >= 11 is 6.62. The van der Waals surface area contributed by atoms with Gasteiger partial charge in [-0.3, -0.25) is 4.79 Å². The summed E-state index contributed by atoms with van der Waals surface area (Å²) in [6.45, 7) is 6.96. The maximum atomic E-state index is 10.6. The Labute approximate surface area is 195 Å². The molecule has 0 fully saturated rings. The third kappa shape index (κ3) is 10.6. The number of carbonyl (C=O) groups excluding carboxylic acids is 1. The molecule has 1 amide bonds. The molecule has 31 heavy (non-hydrogen) atoms. The summed E-state index contributed by atoms with van der Waals surface area (Å²) in [4.78, 5) is 23.2. The molecule has 156 valence electrons. The van der Waals surface area contributed by atoms with Gasteiger partial charge >= 0.3 is 5.84 Å². The molecule has 0 aliphatic rings. The van der Waals surface area contributed by atoms with Crippen LogP contribution in [0.4, 0.5) is 0 Å². The SMILES string of the molecule is N#CC(=NOCc1cccc(Br)c1)C(N)=O.[C-]#[N+]/C(C#N)=N\OCc1cccc(Br)c1. The van der Waals surface area contributed by atoms with Gasteiger partial charge in [-0.25, -0.2) is 5.26 Å². The van der Waals surface area contributed by atoms with Gasteiger partial charge in [0.1, 0.15) is 18.7 Å². The highest BCUT2D eigenvalue weighted by atomic mass is 79.9. The van der Waals surface area contributed by atoms with E-state index in [1.807, 2.05) is 48.5 Å². The van der Waals surface area contributed by atoms with E-state index in [4.69, 9.17) is 32.5 Å². The van der Waals surface area contributed by atoms with E-state index < -0.39 is 11.6 Å². The van der Waals surface area contributed by atoms with Crippen molar-refractivity contribution in [2.45, 2.75) is 13.2 Å². The molecule has 0 bridgehead atoms. The maximum absolute atomic E-state index is 10.6. The molecule has 0 unspecified atom stereocenters. The molecule has 0 aromatic heterocycles. The van der Waals surface area contributed by atoms with Gasteiger partial charge in [0, 0.05) is 8.95 Å². The Kier molecular flexibility index (Phi) is 11.7. The average molecular weight is 546 g/mol. The number of amides is 1. The molecule has 2 N–H and O–H groups in total. The van der Waals surface area contributed by atoms with Crippen LogP contribution in [0.15, 0.2) is 67.8 Å². The lowest BCUT2D eigenvalue weighted by molar-refractivity contribution is -0.112. The van der Waals surface area contributed by atoms with E-state index in [0.29, 0.717) is 0 Å².